The molecule has 5 heteroatoms. The Balaban J connectivity index is 2.21. The fourth-order valence-corrected chi connectivity index (χ4v) is 2.30. The second kappa shape index (κ2) is 7.66. The molecule has 0 aliphatic carbocycles. The average Bonchev–Trinajstić information content (AvgIpc) is 2.52. The van der Waals surface area contributed by atoms with E-state index in [2.05, 4.69) is 15.9 Å². The van der Waals surface area contributed by atoms with E-state index in [9.17, 15) is 4.79 Å². The van der Waals surface area contributed by atoms with Gasteiger partial charge >= 0.3 is 5.97 Å². The molecular formula is C17H15BrO4. The normalized spacial score (nSPS) is 10.6. The van der Waals surface area contributed by atoms with Gasteiger partial charge in [0.15, 0.2) is 11.5 Å². The zero-order valence-corrected chi connectivity index (χ0v) is 13.5. The molecule has 0 unspecified atom stereocenters. The molecular weight excluding hydrogens is 348 g/mol. The van der Waals surface area contributed by atoms with E-state index in [-0.39, 0.29) is 0 Å². The predicted molar refractivity (Wildman–Crippen MR) is 88.1 cm³/mol. The molecule has 4 nitrogen and oxygen atoms in total. The van der Waals surface area contributed by atoms with Crippen LogP contribution in [0.2, 0.25) is 0 Å². The first-order chi connectivity index (χ1) is 10.6. The third-order valence-corrected chi connectivity index (χ3v) is 3.61. The summed E-state index contributed by atoms with van der Waals surface area (Å²) in [7, 11) is 1.54. The van der Waals surface area contributed by atoms with Gasteiger partial charge in [0.2, 0.25) is 0 Å². The van der Waals surface area contributed by atoms with Gasteiger partial charge in [-0.1, -0.05) is 46.3 Å². The zero-order valence-electron chi connectivity index (χ0n) is 12.0. The van der Waals surface area contributed by atoms with Gasteiger partial charge in [-0.15, -0.1) is 0 Å². The number of carboxylic acids is 1. The van der Waals surface area contributed by atoms with Gasteiger partial charge < -0.3 is 14.6 Å². The molecule has 0 bridgehead atoms. The number of rotatable bonds is 6. The van der Waals surface area contributed by atoms with Crippen molar-refractivity contribution >= 4 is 28.0 Å². The van der Waals surface area contributed by atoms with E-state index < -0.39 is 5.97 Å². The molecule has 0 amide bonds. The summed E-state index contributed by atoms with van der Waals surface area (Å²) in [5, 5.41) is 8.70. The first-order valence-electron chi connectivity index (χ1n) is 6.55. The van der Waals surface area contributed by atoms with Crippen LogP contribution in [0.25, 0.3) is 6.08 Å². The molecule has 0 aliphatic rings. The van der Waals surface area contributed by atoms with Gasteiger partial charge in [-0.05, 0) is 29.3 Å². The molecule has 2 aromatic rings. The van der Waals surface area contributed by atoms with Crippen LogP contribution in [0, 0.1) is 0 Å². The maximum atomic E-state index is 10.6. The molecule has 0 fully saturated rings. The Morgan fingerprint density at radius 3 is 2.59 bits per heavy atom. The summed E-state index contributed by atoms with van der Waals surface area (Å²) < 4.78 is 11.8. The molecule has 2 rings (SSSR count). The Morgan fingerprint density at radius 1 is 1.23 bits per heavy atom. The largest absolute Gasteiger partial charge is 0.493 e. The summed E-state index contributed by atoms with van der Waals surface area (Å²) in [4.78, 5) is 10.6. The van der Waals surface area contributed by atoms with Crippen LogP contribution in [-0.4, -0.2) is 18.2 Å². The van der Waals surface area contributed by atoms with Crippen molar-refractivity contribution in [2.75, 3.05) is 7.11 Å². The molecule has 0 spiro atoms. The second-order valence-electron chi connectivity index (χ2n) is 4.47. The molecule has 0 aliphatic heterocycles. The van der Waals surface area contributed by atoms with E-state index in [0.29, 0.717) is 23.7 Å². The van der Waals surface area contributed by atoms with Gasteiger partial charge in [-0.25, -0.2) is 4.79 Å². The van der Waals surface area contributed by atoms with Gasteiger partial charge in [0.05, 0.1) is 7.11 Å². The maximum Gasteiger partial charge on any atom is 0.328 e. The van der Waals surface area contributed by atoms with Crippen molar-refractivity contribution in [1.29, 1.82) is 0 Å². The lowest BCUT2D eigenvalue weighted by molar-refractivity contribution is -0.131. The Bertz CT molecular complexity index is 681. The molecule has 0 atom stereocenters. The van der Waals surface area contributed by atoms with Crippen molar-refractivity contribution in [3.63, 3.8) is 0 Å². The van der Waals surface area contributed by atoms with Crippen molar-refractivity contribution in [3.8, 4) is 11.5 Å². The maximum absolute atomic E-state index is 10.6. The third-order valence-electron chi connectivity index (χ3n) is 2.93. The van der Waals surface area contributed by atoms with Gasteiger partial charge in [-0.2, -0.15) is 0 Å². The minimum Gasteiger partial charge on any atom is -0.493 e. The topological polar surface area (TPSA) is 55.8 Å². The molecule has 0 saturated carbocycles. The van der Waals surface area contributed by atoms with Crippen LogP contribution in [0.1, 0.15) is 11.1 Å². The summed E-state index contributed by atoms with van der Waals surface area (Å²) in [6, 6.07) is 13.3. The third kappa shape index (κ3) is 4.36. The summed E-state index contributed by atoms with van der Waals surface area (Å²) in [6.45, 7) is 0.425. The zero-order chi connectivity index (χ0) is 15.9. The lowest BCUT2D eigenvalue weighted by Crippen LogP contribution is -1.98. The van der Waals surface area contributed by atoms with Crippen molar-refractivity contribution in [1.82, 2.24) is 0 Å². The van der Waals surface area contributed by atoms with E-state index in [0.717, 1.165) is 16.1 Å². The quantitative estimate of drug-likeness (QED) is 0.784. The predicted octanol–water partition coefficient (Wildman–Crippen LogP) is 4.13. The van der Waals surface area contributed by atoms with Crippen molar-refractivity contribution < 1.29 is 19.4 Å². The monoisotopic (exact) mass is 362 g/mol. The SMILES string of the molecule is COc1cc(C=CC(=O)O)c(Br)cc1OCc1ccccc1. The molecule has 0 radical (unpaired) electrons. The van der Waals surface area contributed by atoms with E-state index in [1.807, 2.05) is 30.3 Å². The van der Waals surface area contributed by atoms with Crippen LogP contribution in [0.4, 0.5) is 0 Å². The Labute approximate surface area is 137 Å². The van der Waals surface area contributed by atoms with E-state index in [4.69, 9.17) is 14.6 Å². The molecule has 0 aromatic heterocycles. The highest BCUT2D eigenvalue weighted by atomic mass is 79.9. The van der Waals surface area contributed by atoms with Crippen LogP contribution in [0.3, 0.4) is 0 Å². The number of hydrogen-bond donors (Lipinski definition) is 1. The fourth-order valence-electron chi connectivity index (χ4n) is 1.85. The van der Waals surface area contributed by atoms with Crippen LogP contribution in [0.5, 0.6) is 11.5 Å². The molecule has 0 heterocycles. The van der Waals surface area contributed by atoms with Crippen LogP contribution in [-0.2, 0) is 11.4 Å². The Hall–Kier alpha value is -2.27. The number of carboxylic acid groups (broad SMARTS) is 1. The van der Waals surface area contributed by atoms with E-state index >= 15 is 0 Å². The van der Waals surface area contributed by atoms with Crippen LogP contribution >= 0.6 is 15.9 Å². The Morgan fingerprint density at radius 2 is 1.95 bits per heavy atom. The summed E-state index contributed by atoms with van der Waals surface area (Å²) >= 11 is 3.41. The van der Waals surface area contributed by atoms with Gasteiger partial charge in [0.25, 0.3) is 0 Å². The highest BCUT2D eigenvalue weighted by molar-refractivity contribution is 9.10. The van der Waals surface area contributed by atoms with Crippen molar-refractivity contribution in [2.24, 2.45) is 0 Å². The average molecular weight is 363 g/mol. The number of ether oxygens (including phenoxy) is 2. The summed E-state index contributed by atoms with van der Waals surface area (Å²) in [5.74, 6) is 0.130. The van der Waals surface area contributed by atoms with Crippen LogP contribution < -0.4 is 9.47 Å². The smallest absolute Gasteiger partial charge is 0.328 e. The Kier molecular flexibility index (Phi) is 5.61. The number of carbonyl (C=O) groups is 1. The van der Waals surface area contributed by atoms with Crippen LogP contribution in [0.15, 0.2) is 53.0 Å². The lowest BCUT2D eigenvalue weighted by atomic mass is 10.2. The summed E-state index contributed by atoms with van der Waals surface area (Å²) in [5.41, 5.74) is 1.75. The number of methoxy groups -OCH3 is 1. The fraction of sp³-hybridized carbons (Fsp3) is 0.118. The number of benzene rings is 2. The molecule has 22 heavy (non-hydrogen) atoms. The minimum absolute atomic E-state index is 0.425. The number of halogens is 1. The molecule has 1 N–H and O–H groups in total. The first kappa shape index (κ1) is 16.1. The first-order valence-corrected chi connectivity index (χ1v) is 7.34. The van der Waals surface area contributed by atoms with E-state index in [1.54, 1.807) is 19.2 Å². The van der Waals surface area contributed by atoms with E-state index in [1.165, 1.54) is 6.08 Å². The standard InChI is InChI=1S/C17H15BrO4/c1-21-15-9-13(7-8-17(19)20)14(18)10-16(15)22-11-12-5-3-2-4-6-12/h2-10H,11H2,1H3,(H,19,20). The van der Waals surface area contributed by atoms with Gasteiger partial charge in [0, 0.05) is 10.5 Å². The van der Waals surface area contributed by atoms with Crippen molar-refractivity contribution in [2.45, 2.75) is 6.61 Å². The highest BCUT2D eigenvalue weighted by Crippen LogP contribution is 2.34. The molecule has 0 saturated heterocycles. The molecule has 114 valence electrons. The number of hydrogen-bond acceptors (Lipinski definition) is 3. The second-order valence-corrected chi connectivity index (χ2v) is 5.32. The van der Waals surface area contributed by atoms with Gasteiger partial charge in [-0.3, -0.25) is 0 Å². The van der Waals surface area contributed by atoms with Gasteiger partial charge in [0.1, 0.15) is 6.61 Å². The number of aliphatic carboxylic acids is 1. The minimum atomic E-state index is -1.00. The summed E-state index contributed by atoms with van der Waals surface area (Å²) in [6.07, 6.45) is 2.57. The lowest BCUT2D eigenvalue weighted by Gasteiger charge is -2.13. The highest BCUT2D eigenvalue weighted by Gasteiger charge is 2.09. The van der Waals surface area contributed by atoms with Crippen molar-refractivity contribution in [3.05, 3.63) is 64.1 Å². The molecule has 2 aromatic carbocycles.